The monoisotopic (exact) mass is 246 g/mol. The second-order valence-electron chi connectivity index (χ2n) is 6.47. The van der Waals surface area contributed by atoms with Crippen LogP contribution < -0.4 is 0 Å². The van der Waals surface area contributed by atoms with Crippen LogP contribution in [-0.2, 0) is 24.1 Å². The molecule has 1 aliphatic rings. The van der Waals surface area contributed by atoms with Crippen molar-refractivity contribution in [3.8, 4) is 0 Å². The second-order valence-corrected chi connectivity index (χ2v) is 6.47. The first-order chi connectivity index (χ1) is 8.36. The number of benzene rings is 1. The highest BCUT2D eigenvalue weighted by atomic mass is 16.4. The number of aliphatic carboxylic acids is 1. The van der Waals surface area contributed by atoms with E-state index in [0.29, 0.717) is 17.8 Å². The zero-order chi connectivity index (χ0) is 13.3. The summed E-state index contributed by atoms with van der Waals surface area (Å²) in [7, 11) is 0. The van der Waals surface area contributed by atoms with Crippen molar-refractivity contribution < 1.29 is 9.90 Å². The highest BCUT2D eigenvalue weighted by Gasteiger charge is 2.30. The Bertz CT molecular complexity index is 455. The summed E-state index contributed by atoms with van der Waals surface area (Å²) in [6, 6.07) is 6.50. The summed E-state index contributed by atoms with van der Waals surface area (Å²) in [4.78, 5) is 10.6. The molecule has 18 heavy (non-hydrogen) atoms. The lowest BCUT2D eigenvalue weighted by atomic mass is 9.79. The van der Waals surface area contributed by atoms with Gasteiger partial charge in [0.2, 0.25) is 0 Å². The molecule has 1 aromatic carbocycles. The summed E-state index contributed by atoms with van der Waals surface area (Å²) >= 11 is 0. The minimum atomic E-state index is -0.719. The molecule has 0 bridgehead atoms. The number of hydrogen-bond acceptors (Lipinski definition) is 1. The summed E-state index contributed by atoms with van der Waals surface area (Å²) in [5, 5.41) is 8.72. The standard InChI is InChI=1S/C16H22O2/c1-16(2,3)14-9-12-6-4-11(5-7-15(17)18)8-13(12)10-14/h4,6,8,14H,5,7,9-10H2,1-3H3,(H,17,18). The Morgan fingerprint density at radius 3 is 2.56 bits per heavy atom. The predicted octanol–water partition coefficient (Wildman–Crippen LogP) is 3.46. The van der Waals surface area contributed by atoms with Gasteiger partial charge in [-0.25, -0.2) is 0 Å². The molecule has 0 fully saturated rings. The highest BCUT2D eigenvalue weighted by molar-refractivity contribution is 5.67. The van der Waals surface area contributed by atoms with Crippen LogP contribution in [0.4, 0.5) is 0 Å². The van der Waals surface area contributed by atoms with Gasteiger partial charge in [0.05, 0.1) is 0 Å². The third kappa shape index (κ3) is 2.92. The van der Waals surface area contributed by atoms with Crippen LogP contribution in [0.25, 0.3) is 0 Å². The van der Waals surface area contributed by atoms with Gasteiger partial charge in [0.15, 0.2) is 0 Å². The van der Waals surface area contributed by atoms with Crippen LogP contribution in [0.5, 0.6) is 0 Å². The van der Waals surface area contributed by atoms with Gasteiger partial charge in [-0.1, -0.05) is 39.0 Å². The fraction of sp³-hybridized carbons (Fsp3) is 0.562. The number of hydrogen-bond donors (Lipinski definition) is 1. The first-order valence-corrected chi connectivity index (χ1v) is 6.69. The zero-order valence-electron chi connectivity index (χ0n) is 11.5. The van der Waals surface area contributed by atoms with Gasteiger partial charge in [-0.3, -0.25) is 4.79 Å². The van der Waals surface area contributed by atoms with E-state index in [1.165, 1.54) is 11.1 Å². The summed E-state index contributed by atoms with van der Waals surface area (Å²) in [5.41, 5.74) is 4.39. The third-order valence-electron chi connectivity index (χ3n) is 4.06. The van der Waals surface area contributed by atoms with Gasteiger partial charge < -0.3 is 5.11 Å². The van der Waals surface area contributed by atoms with Crippen LogP contribution in [0, 0.1) is 11.3 Å². The second kappa shape index (κ2) is 4.75. The Morgan fingerprint density at radius 2 is 1.94 bits per heavy atom. The SMILES string of the molecule is CC(C)(C)C1Cc2ccc(CCC(=O)O)cc2C1. The fourth-order valence-electron chi connectivity index (χ4n) is 2.69. The lowest BCUT2D eigenvalue weighted by Crippen LogP contribution is -2.20. The number of fused-ring (bicyclic) bond motifs is 1. The van der Waals surface area contributed by atoms with Crippen LogP contribution in [0.3, 0.4) is 0 Å². The van der Waals surface area contributed by atoms with E-state index in [2.05, 4.69) is 39.0 Å². The van der Waals surface area contributed by atoms with Crippen LogP contribution in [0.2, 0.25) is 0 Å². The van der Waals surface area contributed by atoms with E-state index in [1.807, 2.05) is 0 Å². The molecule has 1 N–H and O–H groups in total. The van der Waals surface area contributed by atoms with E-state index in [4.69, 9.17) is 5.11 Å². The molecule has 1 unspecified atom stereocenters. The van der Waals surface area contributed by atoms with Crippen molar-refractivity contribution in [2.45, 2.75) is 46.5 Å². The average Bonchev–Trinajstić information content (AvgIpc) is 2.68. The quantitative estimate of drug-likeness (QED) is 0.886. The minimum absolute atomic E-state index is 0.224. The minimum Gasteiger partial charge on any atom is -0.481 e. The fourth-order valence-corrected chi connectivity index (χ4v) is 2.69. The van der Waals surface area contributed by atoms with Crippen molar-refractivity contribution >= 4 is 5.97 Å². The van der Waals surface area contributed by atoms with Crippen LogP contribution in [-0.4, -0.2) is 11.1 Å². The Kier molecular flexibility index (Phi) is 3.47. The maximum atomic E-state index is 10.6. The Hall–Kier alpha value is -1.31. The number of rotatable bonds is 3. The van der Waals surface area contributed by atoms with Gasteiger partial charge in [0, 0.05) is 6.42 Å². The number of carboxylic acid groups (broad SMARTS) is 1. The molecule has 0 amide bonds. The number of carboxylic acids is 1. The van der Waals surface area contributed by atoms with E-state index >= 15 is 0 Å². The largest absolute Gasteiger partial charge is 0.481 e. The molecular weight excluding hydrogens is 224 g/mol. The van der Waals surface area contributed by atoms with E-state index in [9.17, 15) is 4.79 Å². The molecule has 0 aromatic heterocycles. The molecule has 98 valence electrons. The van der Waals surface area contributed by atoms with E-state index in [-0.39, 0.29) is 6.42 Å². The highest BCUT2D eigenvalue weighted by Crippen LogP contribution is 2.38. The molecule has 2 nitrogen and oxygen atoms in total. The molecule has 2 rings (SSSR count). The van der Waals surface area contributed by atoms with E-state index < -0.39 is 5.97 Å². The Labute approximate surface area is 109 Å². The molecule has 1 aliphatic carbocycles. The maximum absolute atomic E-state index is 10.6. The van der Waals surface area contributed by atoms with E-state index in [0.717, 1.165) is 18.4 Å². The molecule has 0 radical (unpaired) electrons. The molecule has 0 aliphatic heterocycles. The first kappa shape index (κ1) is 13.1. The predicted molar refractivity (Wildman–Crippen MR) is 72.8 cm³/mol. The topological polar surface area (TPSA) is 37.3 Å². The first-order valence-electron chi connectivity index (χ1n) is 6.69. The molecule has 2 heteroatoms. The van der Waals surface area contributed by atoms with Crippen molar-refractivity contribution in [3.05, 3.63) is 34.9 Å². The van der Waals surface area contributed by atoms with Crippen molar-refractivity contribution in [1.29, 1.82) is 0 Å². The summed E-state index contributed by atoms with van der Waals surface area (Å²) in [6.45, 7) is 6.90. The van der Waals surface area contributed by atoms with Gasteiger partial charge in [-0.05, 0) is 47.3 Å². The molecular formula is C16H22O2. The smallest absolute Gasteiger partial charge is 0.303 e. The normalized spacial score (nSPS) is 18.7. The van der Waals surface area contributed by atoms with Gasteiger partial charge >= 0.3 is 5.97 Å². The summed E-state index contributed by atoms with van der Waals surface area (Å²) < 4.78 is 0. The molecule has 1 atom stereocenters. The summed E-state index contributed by atoms with van der Waals surface area (Å²) in [5.74, 6) is -0.00899. The molecule has 0 saturated carbocycles. The van der Waals surface area contributed by atoms with Crippen molar-refractivity contribution in [3.63, 3.8) is 0 Å². The molecule has 0 saturated heterocycles. The van der Waals surface area contributed by atoms with Gasteiger partial charge in [-0.15, -0.1) is 0 Å². The van der Waals surface area contributed by atoms with E-state index in [1.54, 1.807) is 0 Å². The zero-order valence-corrected chi connectivity index (χ0v) is 11.5. The van der Waals surface area contributed by atoms with Gasteiger partial charge in [0.25, 0.3) is 0 Å². The van der Waals surface area contributed by atoms with Crippen LogP contribution >= 0.6 is 0 Å². The van der Waals surface area contributed by atoms with Crippen LogP contribution in [0.15, 0.2) is 18.2 Å². The summed E-state index contributed by atoms with van der Waals surface area (Å²) in [6.07, 6.45) is 3.17. The number of carbonyl (C=O) groups is 1. The molecule has 1 aromatic rings. The maximum Gasteiger partial charge on any atom is 0.303 e. The van der Waals surface area contributed by atoms with Crippen molar-refractivity contribution in [1.82, 2.24) is 0 Å². The van der Waals surface area contributed by atoms with Gasteiger partial charge in [0.1, 0.15) is 0 Å². The lowest BCUT2D eigenvalue weighted by molar-refractivity contribution is -0.136. The molecule has 0 spiro atoms. The van der Waals surface area contributed by atoms with Crippen molar-refractivity contribution in [2.24, 2.45) is 11.3 Å². The average molecular weight is 246 g/mol. The number of aryl methyl sites for hydroxylation is 1. The van der Waals surface area contributed by atoms with Gasteiger partial charge in [-0.2, -0.15) is 0 Å². The van der Waals surface area contributed by atoms with Crippen molar-refractivity contribution in [2.75, 3.05) is 0 Å². The van der Waals surface area contributed by atoms with Crippen LogP contribution in [0.1, 0.15) is 43.9 Å². The Morgan fingerprint density at radius 1 is 1.28 bits per heavy atom. The third-order valence-corrected chi connectivity index (χ3v) is 4.06. The molecule has 0 heterocycles. The lowest BCUT2D eigenvalue weighted by Gasteiger charge is -2.26. The Balaban J connectivity index is 2.10.